The molecule has 0 aliphatic heterocycles. The molecule has 0 radical (unpaired) electrons. The molecule has 2 aromatic rings. The van der Waals surface area contributed by atoms with Crippen LogP contribution in [0.25, 0.3) is 0 Å². The Morgan fingerprint density at radius 3 is 2.48 bits per heavy atom. The molecule has 29 heavy (non-hydrogen) atoms. The minimum Gasteiger partial charge on any atom is -0.465 e. The van der Waals surface area contributed by atoms with Gasteiger partial charge in [-0.05, 0) is 24.3 Å². The first-order chi connectivity index (χ1) is 13.7. The standard InChI is InChI=1S/C21H18N4O4/c1-4-14-9-16(25(2)3)10-17(23-21(28)29)20(14)24-19(27)11-18(26)15-7-5-6-13(8-15)12-22/h1,5-10,23H,11H2,2-3H3,(H,24,27)(H,28,29). The summed E-state index contributed by atoms with van der Waals surface area (Å²) in [6, 6.07) is 11.1. The first kappa shape index (κ1) is 21.0. The van der Waals surface area contributed by atoms with Crippen LogP contribution in [0.3, 0.4) is 0 Å². The van der Waals surface area contributed by atoms with E-state index in [9.17, 15) is 14.4 Å². The van der Waals surface area contributed by atoms with Gasteiger partial charge in [-0.1, -0.05) is 18.1 Å². The summed E-state index contributed by atoms with van der Waals surface area (Å²) in [5.74, 6) is 1.26. The van der Waals surface area contributed by atoms with E-state index in [1.165, 1.54) is 18.2 Å². The van der Waals surface area contributed by atoms with Gasteiger partial charge in [-0.3, -0.25) is 14.9 Å². The summed E-state index contributed by atoms with van der Waals surface area (Å²) in [5, 5.41) is 22.7. The van der Waals surface area contributed by atoms with Crippen molar-refractivity contribution in [3.8, 4) is 18.4 Å². The Hall–Kier alpha value is -4.30. The van der Waals surface area contributed by atoms with Crippen LogP contribution in [0.2, 0.25) is 0 Å². The number of ketones is 1. The van der Waals surface area contributed by atoms with E-state index in [2.05, 4.69) is 16.6 Å². The fourth-order valence-electron chi connectivity index (χ4n) is 2.54. The van der Waals surface area contributed by atoms with Crippen molar-refractivity contribution in [2.45, 2.75) is 6.42 Å². The van der Waals surface area contributed by atoms with Crippen LogP contribution in [-0.2, 0) is 4.79 Å². The molecule has 0 atom stereocenters. The number of terminal acetylenes is 1. The maximum Gasteiger partial charge on any atom is 0.409 e. The summed E-state index contributed by atoms with van der Waals surface area (Å²) in [6.45, 7) is 0. The van der Waals surface area contributed by atoms with Crippen molar-refractivity contribution in [2.24, 2.45) is 0 Å². The lowest BCUT2D eigenvalue weighted by molar-refractivity contribution is -0.115. The van der Waals surface area contributed by atoms with Gasteiger partial charge in [0, 0.05) is 25.3 Å². The SMILES string of the molecule is C#Cc1cc(N(C)C)cc(NC(=O)O)c1NC(=O)CC(=O)c1cccc(C#N)c1. The monoisotopic (exact) mass is 390 g/mol. The number of anilines is 3. The molecule has 0 spiro atoms. The third-order valence-corrected chi connectivity index (χ3v) is 3.94. The number of nitrogens with zero attached hydrogens (tertiary/aromatic N) is 2. The van der Waals surface area contributed by atoms with Gasteiger partial charge in [0.25, 0.3) is 0 Å². The zero-order valence-corrected chi connectivity index (χ0v) is 15.8. The molecule has 0 aromatic heterocycles. The number of Topliss-reactive ketones (excluding diaryl/α,β-unsaturated/α-hetero) is 1. The number of hydrogen-bond acceptors (Lipinski definition) is 5. The van der Waals surface area contributed by atoms with Gasteiger partial charge < -0.3 is 15.3 Å². The van der Waals surface area contributed by atoms with Crippen LogP contribution in [-0.4, -0.2) is 37.0 Å². The second-order valence-corrected chi connectivity index (χ2v) is 6.23. The Kier molecular flexibility index (Phi) is 6.57. The van der Waals surface area contributed by atoms with E-state index in [0.29, 0.717) is 11.3 Å². The van der Waals surface area contributed by atoms with Gasteiger partial charge >= 0.3 is 6.09 Å². The van der Waals surface area contributed by atoms with E-state index in [1.54, 1.807) is 37.2 Å². The Labute approximate surface area is 167 Å². The minimum absolute atomic E-state index is 0.0870. The Bertz CT molecular complexity index is 1060. The molecule has 2 amide bonds. The Morgan fingerprint density at radius 1 is 1.17 bits per heavy atom. The molecule has 0 unspecified atom stereocenters. The van der Waals surface area contributed by atoms with Crippen molar-refractivity contribution >= 4 is 34.8 Å². The highest BCUT2D eigenvalue weighted by atomic mass is 16.4. The molecule has 8 heteroatoms. The van der Waals surface area contributed by atoms with Gasteiger partial charge in [0.2, 0.25) is 5.91 Å². The van der Waals surface area contributed by atoms with Crippen molar-refractivity contribution in [3.05, 3.63) is 53.1 Å². The fraction of sp³-hybridized carbons (Fsp3) is 0.143. The number of amides is 2. The number of carbonyl (C=O) groups is 3. The van der Waals surface area contributed by atoms with Crippen LogP contribution in [0.1, 0.15) is 27.9 Å². The molecule has 8 nitrogen and oxygen atoms in total. The van der Waals surface area contributed by atoms with Crippen LogP contribution in [0.15, 0.2) is 36.4 Å². The molecular weight excluding hydrogens is 372 g/mol. The van der Waals surface area contributed by atoms with Crippen molar-refractivity contribution < 1.29 is 19.5 Å². The summed E-state index contributed by atoms with van der Waals surface area (Å²) in [7, 11) is 3.51. The second kappa shape index (κ2) is 9.07. The molecule has 0 heterocycles. The van der Waals surface area contributed by atoms with E-state index in [4.69, 9.17) is 16.8 Å². The zero-order valence-electron chi connectivity index (χ0n) is 15.8. The number of benzene rings is 2. The maximum atomic E-state index is 12.4. The van der Waals surface area contributed by atoms with E-state index in [0.717, 1.165) is 0 Å². The average Bonchev–Trinajstić information content (AvgIpc) is 2.68. The molecule has 0 aliphatic rings. The summed E-state index contributed by atoms with van der Waals surface area (Å²) in [4.78, 5) is 37.6. The quantitative estimate of drug-likeness (QED) is 0.396. The maximum absolute atomic E-state index is 12.4. The number of hydrogen-bond donors (Lipinski definition) is 3. The van der Waals surface area contributed by atoms with Gasteiger partial charge in [-0.15, -0.1) is 6.42 Å². The highest BCUT2D eigenvalue weighted by Crippen LogP contribution is 2.31. The topological polar surface area (TPSA) is 123 Å². The van der Waals surface area contributed by atoms with Gasteiger partial charge in [-0.25, -0.2) is 4.79 Å². The number of carboxylic acid groups (broad SMARTS) is 1. The van der Waals surface area contributed by atoms with Crippen LogP contribution in [0, 0.1) is 23.7 Å². The van der Waals surface area contributed by atoms with Gasteiger partial charge in [0.05, 0.1) is 35.0 Å². The first-order valence-electron chi connectivity index (χ1n) is 8.40. The summed E-state index contributed by atoms with van der Waals surface area (Å²) < 4.78 is 0. The molecule has 2 rings (SSSR count). The van der Waals surface area contributed by atoms with Gasteiger partial charge in [0.1, 0.15) is 0 Å². The molecule has 2 aromatic carbocycles. The summed E-state index contributed by atoms with van der Waals surface area (Å²) in [6.07, 6.45) is 3.70. The number of rotatable bonds is 6. The zero-order chi connectivity index (χ0) is 21.6. The highest BCUT2D eigenvalue weighted by molar-refractivity contribution is 6.12. The van der Waals surface area contributed by atoms with Crippen LogP contribution < -0.4 is 15.5 Å². The lowest BCUT2D eigenvalue weighted by atomic mass is 10.0. The highest BCUT2D eigenvalue weighted by Gasteiger charge is 2.18. The second-order valence-electron chi connectivity index (χ2n) is 6.23. The van der Waals surface area contributed by atoms with E-state index >= 15 is 0 Å². The summed E-state index contributed by atoms with van der Waals surface area (Å²) >= 11 is 0. The van der Waals surface area contributed by atoms with Crippen molar-refractivity contribution in [1.82, 2.24) is 0 Å². The molecule has 0 aliphatic carbocycles. The normalized spacial score (nSPS) is 9.66. The summed E-state index contributed by atoms with van der Waals surface area (Å²) in [5.41, 5.74) is 1.59. The number of nitriles is 1. The van der Waals surface area contributed by atoms with E-state index in [1.807, 2.05) is 6.07 Å². The van der Waals surface area contributed by atoms with Crippen LogP contribution in [0.4, 0.5) is 21.9 Å². The molecule has 3 N–H and O–H groups in total. The van der Waals surface area contributed by atoms with Gasteiger partial charge in [0.15, 0.2) is 5.78 Å². The van der Waals surface area contributed by atoms with Crippen molar-refractivity contribution in [2.75, 3.05) is 29.6 Å². The molecule has 0 fully saturated rings. The number of nitrogens with one attached hydrogen (secondary N) is 2. The fourth-order valence-corrected chi connectivity index (χ4v) is 2.54. The van der Waals surface area contributed by atoms with Crippen molar-refractivity contribution in [3.63, 3.8) is 0 Å². The largest absolute Gasteiger partial charge is 0.465 e. The smallest absolute Gasteiger partial charge is 0.409 e. The average molecular weight is 390 g/mol. The molecular formula is C21H18N4O4. The Morgan fingerprint density at radius 2 is 1.90 bits per heavy atom. The van der Waals surface area contributed by atoms with E-state index in [-0.39, 0.29) is 22.5 Å². The molecule has 146 valence electrons. The van der Waals surface area contributed by atoms with Crippen LogP contribution >= 0.6 is 0 Å². The van der Waals surface area contributed by atoms with Crippen LogP contribution in [0.5, 0.6) is 0 Å². The first-order valence-corrected chi connectivity index (χ1v) is 8.40. The third-order valence-electron chi connectivity index (χ3n) is 3.94. The van der Waals surface area contributed by atoms with Crippen molar-refractivity contribution in [1.29, 1.82) is 5.26 Å². The Balaban J connectivity index is 2.30. The predicted molar refractivity (Wildman–Crippen MR) is 109 cm³/mol. The molecule has 0 saturated carbocycles. The lowest BCUT2D eigenvalue weighted by Crippen LogP contribution is -2.20. The predicted octanol–water partition coefficient (Wildman–Crippen LogP) is 2.91. The molecule has 0 saturated heterocycles. The third kappa shape index (κ3) is 5.34. The molecule has 0 bridgehead atoms. The lowest BCUT2D eigenvalue weighted by Gasteiger charge is -2.19. The van der Waals surface area contributed by atoms with E-state index < -0.39 is 24.2 Å². The van der Waals surface area contributed by atoms with Gasteiger partial charge in [-0.2, -0.15) is 5.26 Å². The minimum atomic E-state index is -1.33. The number of carbonyl (C=O) groups excluding carboxylic acids is 2.